The highest BCUT2D eigenvalue weighted by Gasteiger charge is 2.13. The molecule has 0 aromatic heterocycles. The molecule has 0 atom stereocenters. The van der Waals surface area contributed by atoms with Gasteiger partial charge in [0.1, 0.15) is 0 Å². The summed E-state index contributed by atoms with van der Waals surface area (Å²) in [5.74, 6) is 0. The van der Waals surface area contributed by atoms with Crippen molar-refractivity contribution in [3.8, 4) is 0 Å². The van der Waals surface area contributed by atoms with Crippen molar-refractivity contribution in [2.45, 2.75) is 46.0 Å². The van der Waals surface area contributed by atoms with Crippen LogP contribution >= 0.6 is 0 Å². The third kappa shape index (κ3) is 6.27. The Bertz CT molecular complexity index is 559. The van der Waals surface area contributed by atoms with Crippen molar-refractivity contribution < 1.29 is 0 Å². The molecule has 130 valence electrons. The number of para-hydroxylation sites is 2. The molecule has 1 heterocycles. The largest absolute Gasteiger partial charge is 0.383 e. The molecule has 24 heavy (non-hydrogen) atoms. The Hall–Kier alpha value is -1.96. The third-order valence-electron chi connectivity index (χ3n) is 4.39. The number of rotatable bonds is 5. The normalized spacial score (nSPS) is 13.8. The Morgan fingerprint density at radius 2 is 1.54 bits per heavy atom. The van der Waals surface area contributed by atoms with Crippen LogP contribution < -0.4 is 10.2 Å². The van der Waals surface area contributed by atoms with E-state index in [0.717, 1.165) is 6.54 Å². The van der Waals surface area contributed by atoms with Crippen molar-refractivity contribution in [2.24, 2.45) is 0 Å². The van der Waals surface area contributed by atoms with Crippen LogP contribution in [0, 0.1) is 6.92 Å². The summed E-state index contributed by atoms with van der Waals surface area (Å²) in [5.41, 5.74) is 4.02. The standard InChI is InChI=1S/C15H24N2.C7H8/c1-2-3-11-16-14-9-5-6-10-15(14)17-12-7-4-8-13-17;1-7-5-3-2-4-6-7/h5-6,9-10,16H,2-4,7-8,11-13H2,1H3;2-6H,1H3. The first-order valence-corrected chi connectivity index (χ1v) is 9.40. The van der Waals surface area contributed by atoms with Crippen LogP contribution in [0.1, 0.15) is 44.6 Å². The predicted molar refractivity (Wildman–Crippen MR) is 107 cm³/mol. The van der Waals surface area contributed by atoms with E-state index >= 15 is 0 Å². The van der Waals surface area contributed by atoms with Crippen molar-refractivity contribution in [1.29, 1.82) is 0 Å². The van der Waals surface area contributed by atoms with Crippen LogP contribution in [-0.2, 0) is 0 Å². The van der Waals surface area contributed by atoms with Crippen molar-refractivity contribution >= 4 is 11.4 Å². The van der Waals surface area contributed by atoms with E-state index in [4.69, 9.17) is 0 Å². The lowest BCUT2D eigenvalue weighted by Gasteiger charge is -2.30. The topological polar surface area (TPSA) is 15.3 Å². The average molecular weight is 325 g/mol. The maximum atomic E-state index is 3.57. The van der Waals surface area contributed by atoms with Gasteiger partial charge < -0.3 is 10.2 Å². The Morgan fingerprint density at radius 3 is 2.17 bits per heavy atom. The molecule has 0 radical (unpaired) electrons. The van der Waals surface area contributed by atoms with Crippen LogP contribution in [0.5, 0.6) is 0 Å². The lowest BCUT2D eigenvalue weighted by Crippen LogP contribution is -2.30. The Balaban J connectivity index is 0.000000249. The first kappa shape index (κ1) is 18.4. The van der Waals surface area contributed by atoms with E-state index in [2.05, 4.69) is 60.5 Å². The highest BCUT2D eigenvalue weighted by molar-refractivity contribution is 5.70. The van der Waals surface area contributed by atoms with Crippen LogP contribution in [0.3, 0.4) is 0 Å². The zero-order valence-corrected chi connectivity index (χ0v) is 15.3. The highest BCUT2D eigenvalue weighted by atomic mass is 15.1. The first-order chi connectivity index (χ1) is 11.8. The van der Waals surface area contributed by atoms with Gasteiger partial charge in [-0.05, 0) is 44.7 Å². The summed E-state index contributed by atoms with van der Waals surface area (Å²) in [5, 5.41) is 3.57. The number of piperidine rings is 1. The molecule has 1 aliphatic heterocycles. The number of nitrogens with one attached hydrogen (secondary N) is 1. The monoisotopic (exact) mass is 324 g/mol. The number of nitrogens with zero attached hydrogens (tertiary/aromatic N) is 1. The summed E-state index contributed by atoms with van der Waals surface area (Å²) >= 11 is 0. The molecule has 3 rings (SSSR count). The van der Waals surface area contributed by atoms with Gasteiger partial charge in [0.15, 0.2) is 0 Å². The summed E-state index contributed by atoms with van der Waals surface area (Å²) in [6.45, 7) is 7.83. The average Bonchev–Trinajstić information content (AvgIpc) is 2.64. The molecule has 1 N–H and O–H groups in total. The van der Waals surface area contributed by atoms with E-state index in [1.165, 1.54) is 62.1 Å². The van der Waals surface area contributed by atoms with E-state index in [1.54, 1.807) is 0 Å². The minimum absolute atomic E-state index is 1.08. The molecule has 0 amide bonds. The molecule has 0 saturated carbocycles. The molecule has 2 aromatic carbocycles. The smallest absolute Gasteiger partial charge is 0.0602 e. The molecule has 2 aromatic rings. The third-order valence-corrected chi connectivity index (χ3v) is 4.39. The summed E-state index contributed by atoms with van der Waals surface area (Å²) in [4.78, 5) is 2.53. The van der Waals surface area contributed by atoms with E-state index in [9.17, 15) is 0 Å². The highest BCUT2D eigenvalue weighted by Crippen LogP contribution is 2.28. The van der Waals surface area contributed by atoms with Gasteiger partial charge in [0.2, 0.25) is 0 Å². The second-order valence-electron chi connectivity index (χ2n) is 6.50. The molecule has 0 unspecified atom stereocenters. The van der Waals surface area contributed by atoms with Crippen molar-refractivity contribution in [2.75, 3.05) is 29.9 Å². The second kappa shape index (κ2) is 10.7. The van der Waals surface area contributed by atoms with E-state index in [0.29, 0.717) is 0 Å². The molecule has 1 fully saturated rings. The van der Waals surface area contributed by atoms with Crippen LogP contribution in [0.15, 0.2) is 54.6 Å². The van der Waals surface area contributed by atoms with Gasteiger partial charge in [-0.15, -0.1) is 0 Å². The predicted octanol–water partition coefficient (Wildman–Crippen LogP) is 5.88. The summed E-state index contributed by atoms with van der Waals surface area (Å²) in [6.07, 6.45) is 6.56. The van der Waals surface area contributed by atoms with Gasteiger partial charge in [0, 0.05) is 19.6 Å². The fourth-order valence-electron chi connectivity index (χ4n) is 2.97. The molecule has 2 heteroatoms. The van der Waals surface area contributed by atoms with Gasteiger partial charge >= 0.3 is 0 Å². The maximum Gasteiger partial charge on any atom is 0.0602 e. The molecular weight excluding hydrogens is 292 g/mol. The van der Waals surface area contributed by atoms with Crippen LogP contribution in [0.25, 0.3) is 0 Å². The van der Waals surface area contributed by atoms with Gasteiger partial charge in [0.05, 0.1) is 11.4 Å². The molecule has 0 bridgehead atoms. The zero-order valence-electron chi connectivity index (χ0n) is 15.3. The summed E-state index contributed by atoms with van der Waals surface area (Å²) in [7, 11) is 0. The van der Waals surface area contributed by atoms with Crippen LogP contribution in [-0.4, -0.2) is 19.6 Å². The lowest BCUT2D eigenvalue weighted by molar-refractivity contribution is 0.578. The Labute approximate surface area is 147 Å². The molecule has 1 saturated heterocycles. The number of hydrogen-bond acceptors (Lipinski definition) is 2. The quantitative estimate of drug-likeness (QED) is 0.690. The Kier molecular flexibility index (Phi) is 8.23. The van der Waals surface area contributed by atoms with Crippen molar-refractivity contribution in [3.63, 3.8) is 0 Å². The second-order valence-corrected chi connectivity index (χ2v) is 6.50. The summed E-state index contributed by atoms with van der Waals surface area (Å²) < 4.78 is 0. The number of benzene rings is 2. The van der Waals surface area contributed by atoms with Gasteiger partial charge in [-0.1, -0.05) is 61.4 Å². The minimum atomic E-state index is 1.08. The molecular formula is C22H32N2. The van der Waals surface area contributed by atoms with Crippen molar-refractivity contribution in [1.82, 2.24) is 0 Å². The van der Waals surface area contributed by atoms with E-state index in [1.807, 2.05) is 18.2 Å². The van der Waals surface area contributed by atoms with E-state index < -0.39 is 0 Å². The molecule has 0 aliphatic carbocycles. The lowest BCUT2D eigenvalue weighted by atomic mass is 10.1. The number of unbranched alkanes of at least 4 members (excludes halogenated alkanes) is 1. The maximum absolute atomic E-state index is 3.57. The van der Waals surface area contributed by atoms with Gasteiger partial charge in [-0.3, -0.25) is 0 Å². The van der Waals surface area contributed by atoms with Crippen LogP contribution in [0.2, 0.25) is 0 Å². The van der Waals surface area contributed by atoms with Crippen LogP contribution in [0.4, 0.5) is 11.4 Å². The van der Waals surface area contributed by atoms with Gasteiger partial charge in [-0.25, -0.2) is 0 Å². The van der Waals surface area contributed by atoms with Gasteiger partial charge in [0.25, 0.3) is 0 Å². The number of aryl methyl sites for hydroxylation is 1. The Morgan fingerprint density at radius 1 is 0.875 bits per heavy atom. The first-order valence-electron chi connectivity index (χ1n) is 9.40. The fourth-order valence-corrected chi connectivity index (χ4v) is 2.97. The minimum Gasteiger partial charge on any atom is -0.383 e. The molecule has 2 nitrogen and oxygen atoms in total. The number of hydrogen-bond donors (Lipinski definition) is 1. The van der Waals surface area contributed by atoms with E-state index in [-0.39, 0.29) is 0 Å². The fraction of sp³-hybridized carbons (Fsp3) is 0.455. The summed E-state index contributed by atoms with van der Waals surface area (Å²) in [6, 6.07) is 19.0. The number of anilines is 2. The zero-order chi connectivity index (χ0) is 17.0. The molecule has 1 aliphatic rings. The molecule has 0 spiro atoms. The van der Waals surface area contributed by atoms with Crippen molar-refractivity contribution in [3.05, 3.63) is 60.2 Å². The SMILES string of the molecule is CCCCNc1ccccc1N1CCCCC1.Cc1ccccc1. The van der Waals surface area contributed by atoms with Gasteiger partial charge in [-0.2, -0.15) is 0 Å².